The molecule has 0 unspecified atom stereocenters. The minimum absolute atomic E-state index is 0.438. The van der Waals surface area contributed by atoms with E-state index < -0.39 is 0 Å². The molecular weight excluding hydrogens is 212 g/mol. The zero-order chi connectivity index (χ0) is 11.5. The molecule has 0 aromatic carbocycles. The zero-order valence-electron chi connectivity index (χ0n) is 10.4. The van der Waals surface area contributed by atoms with Crippen molar-refractivity contribution in [2.45, 2.75) is 63.5 Å². The molecule has 4 nitrogen and oxygen atoms in total. The number of nitrogens with one attached hydrogen (secondary N) is 1. The van der Waals surface area contributed by atoms with E-state index in [2.05, 4.69) is 20.1 Å². The van der Waals surface area contributed by atoms with Gasteiger partial charge in [0.2, 0.25) is 0 Å². The molecular formula is C13H22N4. The Morgan fingerprint density at radius 2 is 1.88 bits per heavy atom. The molecule has 0 bridgehead atoms. The second-order valence-corrected chi connectivity index (χ2v) is 5.39. The van der Waals surface area contributed by atoms with Gasteiger partial charge in [0.05, 0.1) is 6.04 Å². The summed E-state index contributed by atoms with van der Waals surface area (Å²) in [4.78, 5) is 0. The standard InChI is InChI=1S/C13H22N4/c1-2-6-11(7-3-1)17-10-15-16-13(17)12-8-4-5-9-14-12/h10-12,14H,1-9H2/t12-/m0/s1. The molecule has 0 radical (unpaired) electrons. The van der Waals surface area contributed by atoms with Crippen molar-refractivity contribution in [2.24, 2.45) is 0 Å². The van der Waals surface area contributed by atoms with E-state index in [1.54, 1.807) is 0 Å². The van der Waals surface area contributed by atoms with E-state index in [1.807, 2.05) is 6.33 Å². The van der Waals surface area contributed by atoms with Crippen molar-refractivity contribution in [1.82, 2.24) is 20.1 Å². The maximum absolute atomic E-state index is 4.37. The highest BCUT2D eigenvalue weighted by Crippen LogP contribution is 2.31. The van der Waals surface area contributed by atoms with Gasteiger partial charge in [-0.2, -0.15) is 0 Å². The Labute approximate surface area is 103 Å². The summed E-state index contributed by atoms with van der Waals surface area (Å²) in [5, 5.41) is 12.1. The van der Waals surface area contributed by atoms with Crippen molar-refractivity contribution in [3.63, 3.8) is 0 Å². The molecule has 1 aromatic rings. The molecule has 3 rings (SSSR count). The van der Waals surface area contributed by atoms with Crippen LogP contribution in [-0.2, 0) is 0 Å². The quantitative estimate of drug-likeness (QED) is 0.855. The Hall–Kier alpha value is -0.900. The molecule has 0 amide bonds. The number of piperidine rings is 1. The Bertz CT molecular complexity index is 316. The number of hydrogen-bond donors (Lipinski definition) is 1. The Kier molecular flexibility index (Phi) is 3.41. The van der Waals surface area contributed by atoms with Crippen LogP contribution in [0.4, 0.5) is 0 Å². The summed E-state index contributed by atoms with van der Waals surface area (Å²) >= 11 is 0. The normalized spacial score (nSPS) is 27.2. The van der Waals surface area contributed by atoms with E-state index in [4.69, 9.17) is 0 Å². The molecule has 2 fully saturated rings. The van der Waals surface area contributed by atoms with E-state index in [-0.39, 0.29) is 0 Å². The first-order valence-corrected chi connectivity index (χ1v) is 7.08. The number of aromatic nitrogens is 3. The maximum Gasteiger partial charge on any atom is 0.150 e. The average molecular weight is 234 g/mol. The largest absolute Gasteiger partial charge is 0.313 e. The lowest BCUT2D eigenvalue weighted by molar-refractivity contribution is 0.319. The summed E-state index contributed by atoms with van der Waals surface area (Å²) in [5.41, 5.74) is 0. The molecule has 1 saturated heterocycles. The second-order valence-electron chi connectivity index (χ2n) is 5.39. The fourth-order valence-corrected chi connectivity index (χ4v) is 3.21. The van der Waals surface area contributed by atoms with Crippen molar-refractivity contribution >= 4 is 0 Å². The first kappa shape index (κ1) is 11.2. The van der Waals surface area contributed by atoms with Crippen molar-refractivity contribution in [1.29, 1.82) is 0 Å². The van der Waals surface area contributed by atoms with Gasteiger partial charge in [-0.25, -0.2) is 0 Å². The fraction of sp³-hybridized carbons (Fsp3) is 0.846. The summed E-state index contributed by atoms with van der Waals surface area (Å²) in [6, 6.07) is 1.09. The van der Waals surface area contributed by atoms with Gasteiger partial charge < -0.3 is 9.88 Å². The van der Waals surface area contributed by atoms with Gasteiger partial charge >= 0.3 is 0 Å². The highest BCUT2D eigenvalue weighted by atomic mass is 15.3. The van der Waals surface area contributed by atoms with Gasteiger partial charge in [-0.1, -0.05) is 25.7 Å². The van der Waals surface area contributed by atoms with Crippen LogP contribution in [0.2, 0.25) is 0 Å². The monoisotopic (exact) mass is 234 g/mol. The zero-order valence-corrected chi connectivity index (χ0v) is 10.4. The van der Waals surface area contributed by atoms with E-state index in [0.717, 1.165) is 6.54 Å². The Morgan fingerprint density at radius 3 is 2.65 bits per heavy atom. The van der Waals surface area contributed by atoms with Gasteiger partial charge in [-0.3, -0.25) is 0 Å². The highest BCUT2D eigenvalue weighted by molar-refractivity contribution is 4.99. The molecule has 1 saturated carbocycles. The van der Waals surface area contributed by atoms with Gasteiger partial charge in [-0.05, 0) is 32.2 Å². The SMILES string of the molecule is c1nnc([C@@H]2CCCCN2)n1C1CCCCC1. The van der Waals surface area contributed by atoms with Crippen molar-refractivity contribution in [3.05, 3.63) is 12.2 Å². The predicted octanol–water partition coefficient (Wildman–Crippen LogP) is 2.60. The number of hydrogen-bond acceptors (Lipinski definition) is 3. The topological polar surface area (TPSA) is 42.7 Å². The van der Waals surface area contributed by atoms with Crippen LogP contribution in [0.25, 0.3) is 0 Å². The van der Waals surface area contributed by atoms with Crippen molar-refractivity contribution < 1.29 is 0 Å². The lowest BCUT2D eigenvalue weighted by Gasteiger charge is -2.28. The predicted molar refractivity (Wildman–Crippen MR) is 66.7 cm³/mol. The summed E-state index contributed by atoms with van der Waals surface area (Å²) < 4.78 is 2.35. The van der Waals surface area contributed by atoms with Crippen LogP contribution in [0.3, 0.4) is 0 Å². The third-order valence-corrected chi connectivity index (χ3v) is 4.19. The minimum atomic E-state index is 0.438. The third kappa shape index (κ3) is 2.37. The first-order valence-electron chi connectivity index (χ1n) is 7.08. The molecule has 1 N–H and O–H groups in total. The van der Waals surface area contributed by atoms with E-state index in [1.165, 1.54) is 57.2 Å². The van der Waals surface area contributed by atoms with Crippen LogP contribution in [0, 0.1) is 0 Å². The maximum atomic E-state index is 4.37. The van der Waals surface area contributed by atoms with Gasteiger partial charge in [0.15, 0.2) is 0 Å². The summed E-state index contributed by atoms with van der Waals surface area (Å²) in [7, 11) is 0. The van der Waals surface area contributed by atoms with Crippen LogP contribution < -0.4 is 5.32 Å². The lowest BCUT2D eigenvalue weighted by Crippen LogP contribution is -2.30. The molecule has 1 atom stereocenters. The molecule has 4 heteroatoms. The molecule has 2 heterocycles. The second kappa shape index (κ2) is 5.17. The van der Waals surface area contributed by atoms with Crippen LogP contribution in [0.15, 0.2) is 6.33 Å². The molecule has 17 heavy (non-hydrogen) atoms. The average Bonchev–Trinajstić information content (AvgIpc) is 2.90. The van der Waals surface area contributed by atoms with Gasteiger partial charge in [0.1, 0.15) is 12.2 Å². The summed E-state index contributed by atoms with van der Waals surface area (Å²) in [5.74, 6) is 1.18. The Morgan fingerprint density at radius 1 is 1.06 bits per heavy atom. The summed E-state index contributed by atoms with van der Waals surface area (Å²) in [6.45, 7) is 1.13. The van der Waals surface area contributed by atoms with Crippen LogP contribution in [0.5, 0.6) is 0 Å². The number of nitrogens with zero attached hydrogens (tertiary/aromatic N) is 3. The number of rotatable bonds is 2. The van der Waals surface area contributed by atoms with Gasteiger partial charge in [0.25, 0.3) is 0 Å². The van der Waals surface area contributed by atoms with E-state index >= 15 is 0 Å². The molecule has 94 valence electrons. The van der Waals surface area contributed by atoms with Crippen LogP contribution in [0.1, 0.15) is 69.3 Å². The molecule has 1 aliphatic heterocycles. The molecule has 1 aliphatic carbocycles. The Balaban J connectivity index is 1.77. The smallest absolute Gasteiger partial charge is 0.150 e. The molecule has 0 spiro atoms. The van der Waals surface area contributed by atoms with Gasteiger partial charge in [-0.15, -0.1) is 10.2 Å². The molecule has 1 aromatic heterocycles. The van der Waals surface area contributed by atoms with Crippen molar-refractivity contribution in [3.8, 4) is 0 Å². The fourth-order valence-electron chi connectivity index (χ4n) is 3.21. The lowest BCUT2D eigenvalue weighted by atomic mass is 9.94. The van der Waals surface area contributed by atoms with Crippen LogP contribution in [-0.4, -0.2) is 21.3 Å². The minimum Gasteiger partial charge on any atom is -0.313 e. The first-order chi connectivity index (χ1) is 8.45. The van der Waals surface area contributed by atoms with E-state index in [0.29, 0.717) is 12.1 Å². The third-order valence-electron chi connectivity index (χ3n) is 4.19. The summed E-state index contributed by atoms with van der Waals surface area (Å²) in [6.07, 6.45) is 12.5. The van der Waals surface area contributed by atoms with Crippen LogP contribution >= 0.6 is 0 Å². The molecule has 2 aliphatic rings. The van der Waals surface area contributed by atoms with Crippen molar-refractivity contribution in [2.75, 3.05) is 6.54 Å². The van der Waals surface area contributed by atoms with E-state index in [9.17, 15) is 0 Å². The highest BCUT2D eigenvalue weighted by Gasteiger charge is 2.24. The van der Waals surface area contributed by atoms with Gasteiger partial charge in [0, 0.05) is 6.04 Å².